The quantitative estimate of drug-likeness (QED) is 0.0818. The summed E-state index contributed by atoms with van der Waals surface area (Å²) in [6.45, 7) is 7.68. The Morgan fingerprint density at radius 3 is 1.23 bits per heavy atom. The number of ether oxygens (including phenoxy) is 5. The van der Waals surface area contributed by atoms with E-state index in [2.05, 4.69) is 24.5 Å². The molecule has 11 heteroatoms. The van der Waals surface area contributed by atoms with E-state index in [9.17, 15) is 19.2 Å². The first-order valence-electron chi connectivity index (χ1n) is 16.6. The average Bonchev–Trinajstić information content (AvgIpc) is 2.99. The zero-order chi connectivity index (χ0) is 31.6. The van der Waals surface area contributed by atoms with Gasteiger partial charge in [0, 0.05) is 25.9 Å². The molecule has 2 amide bonds. The molecule has 0 aromatic carbocycles. The highest BCUT2D eigenvalue weighted by molar-refractivity contribution is 5.77. The monoisotopic (exact) mass is 616 g/mol. The van der Waals surface area contributed by atoms with E-state index in [4.69, 9.17) is 23.7 Å². The summed E-state index contributed by atoms with van der Waals surface area (Å²) < 4.78 is 26.3. The van der Waals surface area contributed by atoms with Gasteiger partial charge in [0.1, 0.15) is 13.2 Å². The van der Waals surface area contributed by atoms with Gasteiger partial charge < -0.3 is 34.3 Å². The lowest BCUT2D eigenvalue weighted by Crippen LogP contribution is -2.29. The number of carbonyl (C=O) groups excluding carboxylic acids is 4. The van der Waals surface area contributed by atoms with Crippen LogP contribution >= 0.6 is 0 Å². The Bertz CT molecular complexity index is 636. The van der Waals surface area contributed by atoms with E-state index in [1.165, 1.54) is 0 Å². The van der Waals surface area contributed by atoms with Crippen molar-refractivity contribution in [3.63, 3.8) is 0 Å². The molecule has 0 bridgehead atoms. The molecule has 0 aliphatic carbocycles. The number of hydrogen-bond donors (Lipinski definition) is 2. The van der Waals surface area contributed by atoms with Gasteiger partial charge in [-0.05, 0) is 38.5 Å². The maximum Gasteiger partial charge on any atom is 0.305 e. The summed E-state index contributed by atoms with van der Waals surface area (Å²) in [5.74, 6) is -0.511. The zero-order valence-electron chi connectivity index (χ0n) is 27.1. The third kappa shape index (κ3) is 32.5. The predicted octanol–water partition coefficient (Wildman–Crippen LogP) is 4.64. The summed E-state index contributed by atoms with van der Waals surface area (Å²) in [5.41, 5.74) is 0. The number of nitrogens with one attached hydrogen (secondary N) is 2. The van der Waals surface area contributed by atoms with Gasteiger partial charge in [-0.2, -0.15) is 0 Å². The third-order valence-electron chi connectivity index (χ3n) is 6.49. The molecule has 43 heavy (non-hydrogen) atoms. The zero-order valence-corrected chi connectivity index (χ0v) is 27.1. The third-order valence-corrected chi connectivity index (χ3v) is 6.49. The van der Waals surface area contributed by atoms with Crippen LogP contribution < -0.4 is 10.6 Å². The summed E-state index contributed by atoms with van der Waals surface area (Å²) in [6, 6.07) is 0. The first-order valence-corrected chi connectivity index (χ1v) is 16.6. The van der Waals surface area contributed by atoms with Gasteiger partial charge in [0.15, 0.2) is 0 Å². The second-order valence-electron chi connectivity index (χ2n) is 10.6. The lowest BCUT2D eigenvalue weighted by molar-refractivity contribution is -0.144. The minimum atomic E-state index is -0.149. The van der Waals surface area contributed by atoms with E-state index in [-0.39, 0.29) is 37.0 Å². The number of esters is 2. The molecule has 0 aliphatic heterocycles. The van der Waals surface area contributed by atoms with Gasteiger partial charge in [-0.15, -0.1) is 0 Å². The molecule has 0 spiro atoms. The van der Waals surface area contributed by atoms with Crippen LogP contribution in [0.5, 0.6) is 0 Å². The topological polar surface area (TPSA) is 138 Å². The molecule has 0 aliphatic rings. The second-order valence-corrected chi connectivity index (χ2v) is 10.6. The van der Waals surface area contributed by atoms with Gasteiger partial charge >= 0.3 is 11.9 Å². The predicted molar refractivity (Wildman–Crippen MR) is 166 cm³/mol. The van der Waals surface area contributed by atoms with Crippen LogP contribution in [0.4, 0.5) is 0 Å². The Labute approximate surface area is 259 Å². The van der Waals surface area contributed by atoms with E-state index in [0.717, 1.165) is 89.9 Å². The average molecular weight is 617 g/mol. The van der Waals surface area contributed by atoms with E-state index in [1.54, 1.807) is 0 Å². The Kier molecular flexibility index (Phi) is 31.0. The Hall–Kier alpha value is -2.24. The first-order chi connectivity index (χ1) is 21.0. The van der Waals surface area contributed by atoms with Gasteiger partial charge in [-0.3, -0.25) is 19.2 Å². The molecule has 0 fully saturated rings. The van der Waals surface area contributed by atoms with Gasteiger partial charge in [0.05, 0.1) is 39.6 Å². The normalized spacial score (nSPS) is 10.8. The molecule has 0 unspecified atom stereocenters. The minimum Gasteiger partial charge on any atom is -0.466 e. The van der Waals surface area contributed by atoms with Crippen LogP contribution in [0, 0.1) is 0 Å². The fraction of sp³-hybridized carbons (Fsp3) is 0.875. The molecule has 0 aromatic rings. The minimum absolute atomic E-state index is 0.00602. The largest absolute Gasteiger partial charge is 0.466 e. The maximum absolute atomic E-state index is 11.8. The molecule has 0 aromatic heterocycles. The number of rotatable bonds is 32. The van der Waals surface area contributed by atoms with Crippen molar-refractivity contribution in [3.05, 3.63) is 0 Å². The van der Waals surface area contributed by atoms with Crippen molar-refractivity contribution in [3.8, 4) is 0 Å². The maximum atomic E-state index is 11.8. The summed E-state index contributed by atoms with van der Waals surface area (Å²) in [5, 5.41) is 5.68. The van der Waals surface area contributed by atoms with Crippen molar-refractivity contribution in [1.82, 2.24) is 10.6 Å². The Morgan fingerprint density at radius 2 is 0.814 bits per heavy atom. The van der Waals surface area contributed by atoms with E-state index in [1.807, 2.05) is 0 Å². The van der Waals surface area contributed by atoms with Crippen LogP contribution in [0.2, 0.25) is 0 Å². The smallest absolute Gasteiger partial charge is 0.305 e. The van der Waals surface area contributed by atoms with E-state index >= 15 is 0 Å². The summed E-state index contributed by atoms with van der Waals surface area (Å²) >= 11 is 0. The standard InChI is InChI=1S/C32H60N2O9/c1-3-5-21-42-31(37)17-13-9-7-11-15-19-33-29(35)27-40-25-23-39-24-26-41-28-30(36)34-20-16-12-8-10-14-18-32(38)43-22-6-4-2/h3-28H2,1-2H3,(H,33,35)(H,34,36). The highest BCUT2D eigenvalue weighted by Crippen LogP contribution is 2.07. The van der Waals surface area contributed by atoms with Crippen LogP contribution in [0.3, 0.4) is 0 Å². The molecular formula is C32H60N2O9. The Morgan fingerprint density at radius 1 is 0.442 bits per heavy atom. The van der Waals surface area contributed by atoms with Crippen molar-refractivity contribution in [1.29, 1.82) is 0 Å². The lowest BCUT2D eigenvalue weighted by Gasteiger charge is -2.08. The molecule has 0 saturated carbocycles. The van der Waals surface area contributed by atoms with Crippen molar-refractivity contribution >= 4 is 23.8 Å². The fourth-order valence-electron chi connectivity index (χ4n) is 3.88. The number of hydrogen-bond acceptors (Lipinski definition) is 9. The highest BCUT2D eigenvalue weighted by Gasteiger charge is 2.05. The Balaban J connectivity index is 3.33. The molecular weight excluding hydrogens is 556 g/mol. The SMILES string of the molecule is CCCCOC(=O)CCCCCCCNC(=O)COCCOCCOCC(=O)NCCCCCCCC(=O)OCCCC. The summed E-state index contributed by atoms with van der Waals surface area (Å²) in [6.07, 6.45) is 14.4. The van der Waals surface area contributed by atoms with E-state index in [0.29, 0.717) is 65.6 Å². The number of carbonyl (C=O) groups is 4. The van der Waals surface area contributed by atoms with Crippen molar-refractivity contribution in [2.75, 3.05) is 65.9 Å². The van der Waals surface area contributed by atoms with Crippen molar-refractivity contribution < 1.29 is 42.9 Å². The molecule has 0 heterocycles. The van der Waals surface area contributed by atoms with Gasteiger partial charge in [-0.1, -0.05) is 65.2 Å². The van der Waals surface area contributed by atoms with Gasteiger partial charge in [0.2, 0.25) is 11.8 Å². The van der Waals surface area contributed by atoms with Crippen molar-refractivity contribution in [2.24, 2.45) is 0 Å². The second kappa shape index (κ2) is 32.7. The molecule has 0 atom stereocenters. The summed E-state index contributed by atoms with van der Waals surface area (Å²) in [4.78, 5) is 46.7. The molecule has 0 rings (SSSR count). The van der Waals surface area contributed by atoms with Crippen LogP contribution in [-0.2, 0) is 42.9 Å². The van der Waals surface area contributed by atoms with E-state index < -0.39 is 0 Å². The number of unbranched alkanes of at least 4 members (excludes halogenated alkanes) is 10. The van der Waals surface area contributed by atoms with Gasteiger partial charge in [0.25, 0.3) is 0 Å². The van der Waals surface area contributed by atoms with Crippen LogP contribution in [0.25, 0.3) is 0 Å². The molecule has 0 radical (unpaired) electrons. The molecule has 2 N–H and O–H groups in total. The van der Waals surface area contributed by atoms with Crippen molar-refractivity contribution in [2.45, 2.75) is 117 Å². The fourth-order valence-corrected chi connectivity index (χ4v) is 3.88. The van der Waals surface area contributed by atoms with Crippen LogP contribution in [-0.4, -0.2) is 89.7 Å². The molecule has 11 nitrogen and oxygen atoms in total. The molecule has 0 saturated heterocycles. The van der Waals surface area contributed by atoms with Crippen LogP contribution in [0.1, 0.15) is 117 Å². The highest BCUT2D eigenvalue weighted by atomic mass is 16.5. The number of amides is 2. The van der Waals surface area contributed by atoms with Crippen LogP contribution in [0.15, 0.2) is 0 Å². The first kappa shape index (κ1) is 40.8. The summed E-state index contributed by atoms with van der Waals surface area (Å²) in [7, 11) is 0. The lowest BCUT2D eigenvalue weighted by atomic mass is 10.1. The molecule has 252 valence electrons. The van der Waals surface area contributed by atoms with Gasteiger partial charge in [-0.25, -0.2) is 0 Å².